The molecule has 0 spiro atoms. The van der Waals surface area contributed by atoms with Gasteiger partial charge in [0.15, 0.2) is 25.2 Å². The molecule has 2 unspecified atom stereocenters. The van der Waals surface area contributed by atoms with Crippen LogP contribution >= 0.6 is 0 Å². The second kappa shape index (κ2) is 24.0. The highest BCUT2D eigenvalue weighted by Gasteiger charge is 2.44. The Balaban J connectivity index is 0.000000256. The monoisotopic (exact) mass is 945 g/mol. The van der Waals surface area contributed by atoms with E-state index in [1.807, 2.05) is 72.8 Å². The molecule has 2 aromatic rings. The summed E-state index contributed by atoms with van der Waals surface area (Å²) >= 11 is 0. The number of nitrogens with two attached hydrogens (primary N) is 1. The van der Waals surface area contributed by atoms with Gasteiger partial charge in [-0.15, -0.1) is 0 Å². The van der Waals surface area contributed by atoms with Gasteiger partial charge in [0.25, 0.3) is 0 Å². The molecule has 1 radical (unpaired) electrons. The smallest absolute Gasteiger partial charge is 0.342 e. The van der Waals surface area contributed by atoms with Gasteiger partial charge < -0.3 is 67.8 Å². The molecule has 0 aliphatic carbocycles. The first-order valence-electron chi connectivity index (χ1n) is 23.0. The molecule has 0 aromatic heterocycles. The second-order valence-corrected chi connectivity index (χ2v) is 18.5. The number of methoxy groups -OCH3 is 2. The molecule has 2 fully saturated rings. The van der Waals surface area contributed by atoms with Crippen molar-refractivity contribution in [1.82, 2.24) is 0 Å². The summed E-state index contributed by atoms with van der Waals surface area (Å²) in [6.45, 7) is 17.1. The molecule has 6 rings (SSSR count). The zero-order valence-electron chi connectivity index (χ0n) is 41.5. The number of aliphatic hydroxyl groups excluding tert-OH is 1. The van der Waals surface area contributed by atoms with Crippen LogP contribution in [0.2, 0.25) is 0 Å². The van der Waals surface area contributed by atoms with Gasteiger partial charge in [0.1, 0.15) is 53.2 Å². The Morgan fingerprint density at radius 2 is 1.18 bits per heavy atom. The summed E-state index contributed by atoms with van der Waals surface area (Å²) < 4.78 is 57.5. The predicted molar refractivity (Wildman–Crippen MR) is 260 cm³/mol. The number of benzene rings is 2. The number of hydrogen-bond acceptors (Lipinski definition) is 16. The molecule has 4 aliphatic rings. The normalized spacial score (nSPS) is 30.8. The Labute approximate surface area is 401 Å². The predicted octanol–water partition coefficient (Wildman–Crippen LogP) is 7.51. The van der Waals surface area contributed by atoms with Gasteiger partial charge in [0.05, 0.1) is 18.3 Å². The van der Waals surface area contributed by atoms with Crippen LogP contribution in [-0.2, 0) is 42.7 Å². The Bertz CT molecular complexity index is 2170. The lowest BCUT2D eigenvalue weighted by Crippen LogP contribution is -2.34. The van der Waals surface area contributed by atoms with Crippen molar-refractivity contribution in [3.05, 3.63) is 83.0 Å². The number of hydrogen-bond donors (Lipinski definition) is 2. The van der Waals surface area contributed by atoms with E-state index in [1.54, 1.807) is 55.2 Å². The highest BCUT2D eigenvalue weighted by Crippen LogP contribution is 2.38. The SMILES string of the molecule is COCOc1cc(N(C)[B]C=O)cc2c1C(=O)O[C@@H](C)[C@H](C)/C=C\C(O)[C@H]1OC(C)(C)O[C@H]1C/C=C/2.COCOc1cc(N)cc2c1C(=O)O[C@@H](C)[C@H](C)/C=C\C(C)[C@H]1OC(C)(C)O[C@H]1C/C=C/2. The highest BCUT2D eigenvalue weighted by atomic mass is 16.8. The van der Waals surface area contributed by atoms with E-state index in [9.17, 15) is 19.5 Å². The maximum absolute atomic E-state index is 13.4. The summed E-state index contributed by atoms with van der Waals surface area (Å²) in [5.41, 5.74) is 8.92. The maximum Gasteiger partial charge on any atom is 0.342 e. The molecule has 16 nitrogen and oxygen atoms in total. The lowest BCUT2D eigenvalue weighted by atomic mass is 9.93. The van der Waals surface area contributed by atoms with Crippen LogP contribution in [0.1, 0.15) is 107 Å². The van der Waals surface area contributed by atoms with Crippen LogP contribution in [0.4, 0.5) is 11.4 Å². The topological polar surface area (TPSA) is 193 Å². The first-order chi connectivity index (χ1) is 32.2. The van der Waals surface area contributed by atoms with Crippen molar-refractivity contribution in [2.24, 2.45) is 17.8 Å². The van der Waals surface area contributed by atoms with Crippen molar-refractivity contribution in [1.29, 1.82) is 0 Å². The van der Waals surface area contributed by atoms with Crippen molar-refractivity contribution < 1.29 is 66.9 Å². The number of ether oxygens (including phenoxy) is 10. The number of carbonyl (C=O) groups excluding carboxylic acids is 3. The average Bonchev–Trinajstić information content (AvgIpc) is 3.77. The standard InChI is InChI=1S/C26H35BNO8.C25H35NO6/c1-16-10-11-20(30)24-21(35-26(3,4)36-24)9-7-8-18-12-19(28(5)27-14-29)13-22(33-15-32-6)23(18)25(31)34-17(16)2;1-15-10-11-16(2)23-20(31-25(4,5)32-23)9-7-8-18-12-19(26)13-21(29-14-28-6)22(18)24(27)30-17(15)3/h7-8,10-14,16-17,20-21,24,30H,9,15H2,1-6H3;7-8,10-13,15-17,20,23H,9,14,26H2,1-6H3/b2*8-7+,11-10-/t16-,17+,20?,21+,24-;15-,16?,17+,20+,23-/m11/s1. The van der Waals surface area contributed by atoms with Crippen molar-refractivity contribution in [2.45, 2.75) is 129 Å². The highest BCUT2D eigenvalue weighted by molar-refractivity contribution is 6.70. The molecule has 0 amide bonds. The van der Waals surface area contributed by atoms with Crippen LogP contribution in [-0.4, -0.2) is 120 Å². The van der Waals surface area contributed by atoms with Crippen LogP contribution < -0.4 is 20.0 Å². The number of anilines is 2. The van der Waals surface area contributed by atoms with Crippen molar-refractivity contribution >= 4 is 49.1 Å². The Morgan fingerprint density at radius 1 is 0.706 bits per heavy atom. The number of rotatable bonds is 9. The molecule has 4 aliphatic heterocycles. The van der Waals surface area contributed by atoms with Gasteiger partial charge in [-0.25, -0.2) is 9.59 Å². The summed E-state index contributed by atoms with van der Waals surface area (Å²) in [5, 5.41) is 10.8. The zero-order valence-corrected chi connectivity index (χ0v) is 41.5. The summed E-state index contributed by atoms with van der Waals surface area (Å²) in [6, 6.07) is 6.78. The number of cyclic esters (lactones) is 2. The number of fused-ring (bicyclic) bond motifs is 4. The van der Waals surface area contributed by atoms with Gasteiger partial charge in [0.2, 0.25) is 0 Å². The molecule has 17 heteroatoms. The number of nitrogens with zero attached hydrogens (tertiary/aromatic N) is 1. The first kappa shape index (κ1) is 53.9. The second-order valence-electron chi connectivity index (χ2n) is 18.5. The van der Waals surface area contributed by atoms with Crippen LogP contribution in [0, 0.1) is 17.8 Å². The van der Waals surface area contributed by atoms with Gasteiger partial charge in [-0.05, 0) is 84.7 Å². The van der Waals surface area contributed by atoms with E-state index in [0.717, 1.165) is 0 Å². The molecule has 2 aromatic carbocycles. The quantitative estimate of drug-likeness (QED) is 0.0626. The third kappa shape index (κ3) is 14.3. The van der Waals surface area contributed by atoms with E-state index in [0.29, 0.717) is 52.8 Å². The van der Waals surface area contributed by atoms with Crippen molar-refractivity contribution in [3.8, 4) is 11.5 Å². The third-order valence-corrected chi connectivity index (χ3v) is 12.1. The fourth-order valence-corrected chi connectivity index (χ4v) is 8.16. The molecule has 0 saturated carbocycles. The minimum Gasteiger partial charge on any atom is -0.467 e. The molecule has 371 valence electrons. The summed E-state index contributed by atoms with van der Waals surface area (Å²) in [4.78, 5) is 39.2. The van der Waals surface area contributed by atoms with Crippen molar-refractivity contribution in [2.75, 3.05) is 45.4 Å². The fourth-order valence-electron chi connectivity index (χ4n) is 8.16. The maximum atomic E-state index is 13.4. The Kier molecular flexibility index (Phi) is 19.1. The molecular weight excluding hydrogens is 875 g/mol. The van der Waals surface area contributed by atoms with Gasteiger partial charge in [0, 0.05) is 55.5 Å². The molecule has 3 N–H and O–H groups in total. The van der Waals surface area contributed by atoms with E-state index in [1.165, 1.54) is 21.6 Å². The molecule has 4 heterocycles. The largest absolute Gasteiger partial charge is 0.467 e. The van der Waals surface area contributed by atoms with E-state index < -0.39 is 47.9 Å². The molecular formula is C51H70BN2O14. The number of nitrogen functional groups attached to an aromatic ring is 1. The van der Waals surface area contributed by atoms with Gasteiger partial charge in [-0.2, -0.15) is 0 Å². The summed E-state index contributed by atoms with van der Waals surface area (Å²) in [6.07, 6.45) is 14.0. The molecule has 0 bridgehead atoms. The minimum absolute atomic E-state index is 0.00856. The molecule has 68 heavy (non-hydrogen) atoms. The number of aliphatic hydroxyl groups is 1. The van der Waals surface area contributed by atoms with E-state index >= 15 is 0 Å². The zero-order chi connectivity index (χ0) is 49.9. The van der Waals surface area contributed by atoms with E-state index in [-0.39, 0.29) is 61.0 Å². The minimum atomic E-state index is -0.890. The third-order valence-electron chi connectivity index (χ3n) is 12.1. The van der Waals surface area contributed by atoms with E-state index in [4.69, 9.17) is 53.1 Å². The van der Waals surface area contributed by atoms with Crippen LogP contribution in [0.5, 0.6) is 11.5 Å². The summed E-state index contributed by atoms with van der Waals surface area (Å²) in [7, 11) is 6.08. The van der Waals surface area contributed by atoms with Gasteiger partial charge in [-0.1, -0.05) is 69.4 Å². The van der Waals surface area contributed by atoms with E-state index in [2.05, 4.69) is 19.1 Å². The van der Waals surface area contributed by atoms with Crippen LogP contribution in [0.3, 0.4) is 0 Å². The average molecular weight is 946 g/mol. The molecule has 2 saturated heterocycles. The lowest BCUT2D eigenvalue weighted by molar-refractivity contribution is -0.152. The fraction of sp³-hybridized carbons (Fsp3) is 0.549. The Hall–Kier alpha value is -5.01. The number of carbonyl (C=O) groups is 3. The first-order valence-corrected chi connectivity index (χ1v) is 23.0. The lowest BCUT2D eigenvalue weighted by Gasteiger charge is -2.24. The Morgan fingerprint density at radius 3 is 1.71 bits per heavy atom. The summed E-state index contributed by atoms with van der Waals surface area (Å²) in [5.74, 6) is -1.96. The van der Waals surface area contributed by atoms with Crippen molar-refractivity contribution in [3.63, 3.8) is 0 Å². The van der Waals surface area contributed by atoms with Crippen LogP contribution in [0.15, 0.2) is 60.7 Å². The van der Waals surface area contributed by atoms with Crippen LogP contribution in [0.25, 0.3) is 12.2 Å². The number of esters is 2. The van der Waals surface area contributed by atoms with Gasteiger partial charge >= 0.3 is 19.4 Å². The van der Waals surface area contributed by atoms with Gasteiger partial charge in [-0.3, -0.25) is 0 Å². The molecule has 10 atom stereocenters.